The third-order valence-electron chi connectivity index (χ3n) is 2.56. The van der Waals surface area contributed by atoms with Crippen LogP contribution in [0.3, 0.4) is 0 Å². The number of fused-ring (bicyclic) bond motifs is 1. The molecule has 1 heterocycles. The maximum Gasteiger partial charge on any atom is 0.148 e. The molecule has 0 bridgehead atoms. The highest BCUT2D eigenvalue weighted by Gasteiger charge is 2.04. The van der Waals surface area contributed by atoms with Gasteiger partial charge >= 0.3 is 0 Å². The van der Waals surface area contributed by atoms with Gasteiger partial charge in [-0.3, -0.25) is 0 Å². The minimum atomic E-state index is 0.00437. The van der Waals surface area contributed by atoms with Gasteiger partial charge in [0.25, 0.3) is 0 Å². The van der Waals surface area contributed by atoms with Crippen molar-refractivity contribution < 1.29 is 5.11 Å². The second-order valence-corrected chi connectivity index (χ2v) is 3.94. The largest absolute Gasteiger partial charge is 0.394 e. The lowest BCUT2D eigenvalue weighted by atomic mass is 10.1. The fourth-order valence-electron chi connectivity index (χ4n) is 1.69. The zero-order valence-electron chi connectivity index (χ0n) is 9.51. The Morgan fingerprint density at radius 1 is 1.47 bits per heavy atom. The monoisotopic (exact) mass is 227 g/mol. The summed E-state index contributed by atoms with van der Waals surface area (Å²) < 4.78 is 0. The lowest BCUT2D eigenvalue weighted by molar-refractivity contribution is 0.281. The van der Waals surface area contributed by atoms with Gasteiger partial charge in [-0.05, 0) is 36.6 Å². The molecule has 0 fully saturated rings. The van der Waals surface area contributed by atoms with Gasteiger partial charge in [0.1, 0.15) is 11.8 Å². The molecule has 0 saturated heterocycles. The predicted octanol–water partition coefficient (Wildman–Crippen LogP) is 1.90. The molecule has 2 aromatic rings. The zero-order chi connectivity index (χ0) is 12.3. The van der Waals surface area contributed by atoms with Gasteiger partial charge in [0.05, 0.1) is 6.61 Å². The SMILES string of the molecule is C[C@H](CO)Nc1ccc2c(C#N)nccc2c1. The number of rotatable bonds is 3. The molecule has 0 saturated carbocycles. The standard InChI is InChI=1S/C13H13N3O/c1-9(8-17)16-11-2-3-12-10(6-11)4-5-15-13(12)7-14/h2-6,9,16-17H,8H2,1H3/t9-/m1/s1. The highest BCUT2D eigenvalue weighted by atomic mass is 16.3. The molecule has 0 radical (unpaired) electrons. The van der Waals surface area contributed by atoms with E-state index in [4.69, 9.17) is 10.4 Å². The van der Waals surface area contributed by atoms with Crippen LogP contribution < -0.4 is 5.32 Å². The normalized spacial score (nSPS) is 12.1. The summed E-state index contributed by atoms with van der Waals surface area (Å²) in [5, 5.41) is 22.9. The van der Waals surface area contributed by atoms with Crippen LogP contribution in [0, 0.1) is 11.3 Å². The van der Waals surface area contributed by atoms with Gasteiger partial charge in [-0.15, -0.1) is 0 Å². The van der Waals surface area contributed by atoms with Gasteiger partial charge in [-0.25, -0.2) is 4.98 Å². The van der Waals surface area contributed by atoms with Gasteiger partial charge in [0.2, 0.25) is 0 Å². The maximum absolute atomic E-state index is 8.98. The predicted molar refractivity (Wildman–Crippen MR) is 66.6 cm³/mol. The molecule has 17 heavy (non-hydrogen) atoms. The molecule has 0 unspecified atom stereocenters. The van der Waals surface area contributed by atoms with E-state index in [1.807, 2.05) is 31.2 Å². The Morgan fingerprint density at radius 2 is 2.29 bits per heavy atom. The van der Waals surface area contributed by atoms with Crippen molar-refractivity contribution in [1.82, 2.24) is 4.98 Å². The number of benzene rings is 1. The summed E-state index contributed by atoms with van der Waals surface area (Å²) in [6.45, 7) is 1.98. The van der Waals surface area contributed by atoms with E-state index in [0.29, 0.717) is 5.69 Å². The third kappa shape index (κ3) is 2.35. The van der Waals surface area contributed by atoms with Crippen LogP contribution in [0.15, 0.2) is 30.5 Å². The summed E-state index contributed by atoms with van der Waals surface area (Å²) in [5.74, 6) is 0. The minimum Gasteiger partial charge on any atom is -0.394 e. The number of nitrogens with zero attached hydrogens (tertiary/aromatic N) is 2. The van der Waals surface area contributed by atoms with E-state index < -0.39 is 0 Å². The number of hydrogen-bond donors (Lipinski definition) is 2. The van der Waals surface area contributed by atoms with Gasteiger partial charge < -0.3 is 10.4 Å². The van der Waals surface area contributed by atoms with Gasteiger partial charge in [0, 0.05) is 23.3 Å². The molecule has 0 amide bonds. The van der Waals surface area contributed by atoms with Crippen molar-refractivity contribution in [2.24, 2.45) is 0 Å². The molecule has 0 aliphatic rings. The van der Waals surface area contributed by atoms with Crippen LogP contribution >= 0.6 is 0 Å². The summed E-state index contributed by atoms with van der Waals surface area (Å²) in [5.41, 5.74) is 1.36. The first-order valence-electron chi connectivity index (χ1n) is 5.41. The second-order valence-electron chi connectivity index (χ2n) is 3.94. The first-order chi connectivity index (χ1) is 8.24. The molecular weight excluding hydrogens is 214 g/mol. The number of aromatic nitrogens is 1. The highest BCUT2D eigenvalue weighted by molar-refractivity contribution is 5.89. The summed E-state index contributed by atoms with van der Waals surface area (Å²) in [6, 6.07) is 9.64. The summed E-state index contributed by atoms with van der Waals surface area (Å²) >= 11 is 0. The van der Waals surface area contributed by atoms with E-state index >= 15 is 0 Å². The molecule has 4 nitrogen and oxygen atoms in total. The number of aliphatic hydroxyl groups is 1. The molecule has 0 spiro atoms. The zero-order valence-corrected chi connectivity index (χ0v) is 9.51. The molecule has 1 atom stereocenters. The Balaban J connectivity index is 2.42. The molecule has 0 aliphatic carbocycles. The van der Waals surface area contributed by atoms with E-state index in [2.05, 4.69) is 16.4 Å². The first-order valence-corrected chi connectivity index (χ1v) is 5.41. The smallest absolute Gasteiger partial charge is 0.148 e. The lowest BCUT2D eigenvalue weighted by Crippen LogP contribution is -2.19. The molecule has 1 aromatic heterocycles. The number of nitrogens with one attached hydrogen (secondary N) is 1. The molecule has 0 aliphatic heterocycles. The molecular formula is C13H13N3O. The Morgan fingerprint density at radius 3 is 3.00 bits per heavy atom. The fourth-order valence-corrected chi connectivity index (χ4v) is 1.69. The van der Waals surface area contributed by atoms with E-state index in [-0.39, 0.29) is 12.6 Å². The second kappa shape index (κ2) is 4.81. The van der Waals surface area contributed by atoms with Crippen LogP contribution in [0.5, 0.6) is 0 Å². The van der Waals surface area contributed by atoms with Crippen LogP contribution in [0.1, 0.15) is 12.6 Å². The summed E-state index contributed by atoms with van der Waals surface area (Å²) in [7, 11) is 0. The van der Waals surface area contributed by atoms with E-state index in [9.17, 15) is 0 Å². The molecule has 86 valence electrons. The Labute approximate surface area is 99.5 Å². The van der Waals surface area contributed by atoms with E-state index in [1.165, 1.54) is 0 Å². The Kier molecular flexibility index (Phi) is 3.22. The van der Waals surface area contributed by atoms with Crippen molar-refractivity contribution >= 4 is 16.5 Å². The van der Waals surface area contributed by atoms with Crippen LogP contribution in [-0.2, 0) is 0 Å². The fraction of sp³-hybridized carbons (Fsp3) is 0.231. The Bertz CT molecular complexity index is 574. The average Bonchev–Trinajstić information content (AvgIpc) is 2.37. The number of hydrogen-bond acceptors (Lipinski definition) is 4. The number of pyridine rings is 1. The van der Waals surface area contributed by atoms with Crippen molar-refractivity contribution in [2.75, 3.05) is 11.9 Å². The topological polar surface area (TPSA) is 68.9 Å². The summed E-state index contributed by atoms with van der Waals surface area (Å²) in [4.78, 5) is 4.01. The van der Waals surface area contributed by atoms with Crippen molar-refractivity contribution in [3.63, 3.8) is 0 Å². The van der Waals surface area contributed by atoms with Crippen molar-refractivity contribution in [3.8, 4) is 6.07 Å². The van der Waals surface area contributed by atoms with Crippen molar-refractivity contribution in [1.29, 1.82) is 5.26 Å². The number of aliphatic hydroxyl groups excluding tert-OH is 1. The van der Waals surface area contributed by atoms with E-state index in [1.54, 1.807) is 6.20 Å². The van der Waals surface area contributed by atoms with Gasteiger partial charge in [0.15, 0.2) is 0 Å². The van der Waals surface area contributed by atoms with Crippen molar-refractivity contribution in [3.05, 3.63) is 36.2 Å². The van der Waals surface area contributed by atoms with E-state index in [0.717, 1.165) is 16.5 Å². The van der Waals surface area contributed by atoms with Crippen molar-refractivity contribution in [2.45, 2.75) is 13.0 Å². The maximum atomic E-state index is 8.98. The average molecular weight is 227 g/mol. The van der Waals surface area contributed by atoms with Gasteiger partial charge in [-0.1, -0.05) is 0 Å². The highest BCUT2D eigenvalue weighted by Crippen LogP contribution is 2.21. The summed E-state index contributed by atoms with van der Waals surface area (Å²) in [6.07, 6.45) is 1.63. The molecule has 2 rings (SSSR count). The van der Waals surface area contributed by atoms with Crippen LogP contribution in [0.2, 0.25) is 0 Å². The first kappa shape index (κ1) is 11.4. The number of nitriles is 1. The lowest BCUT2D eigenvalue weighted by Gasteiger charge is -2.12. The van der Waals surface area contributed by atoms with Crippen LogP contribution in [-0.4, -0.2) is 22.7 Å². The van der Waals surface area contributed by atoms with Crippen LogP contribution in [0.4, 0.5) is 5.69 Å². The molecule has 1 aromatic carbocycles. The minimum absolute atomic E-state index is 0.00437. The van der Waals surface area contributed by atoms with Crippen LogP contribution in [0.25, 0.3) is 10.8 Å². The third-order valence-corrected chi connectivity index (χ3v) is 2.56. The number of anilines is 1. The van der Waals surface area contributed by atoms with Gasteiger partial charge in [-0.2, -0.15) is 5.26 Å². The molecule has 2 N–H and O–H groups in total. The quantitative estimate of drug-likeness (QED) is 0.840. The Hall–Kier alpha value is -2.12. The molecule has 4 heteroatoms.